The summed E-state index contributed by atoms with van der Waals surface area (Å²) in [4.78, 5) is 30.3. The molecule has 168 valence electrons. The van der Waals surface area contributed by atoms with Crippen LogP contribution in [0.15, 0.2) is 48.5 Å². The molecule has 1 fully saturated rings. The zero-order valence-corrected chi connectivity index (χ0v) is 18.3. The lowest BCUT2D eigenvalue weighted by Crippen LogP contribution is -2.48. The van der Waals surface area contributed by atoms with Gasteiger partial charge in [-0.15, -0.1) is 0 Å². The summed E-state index contributed by atoms with van der Waals surface area (Å²) >= 11 is 6.09. The van der Waals surface area contributed by atoms with Crippen LogP contribution >= 0.6 is 11.6 Å². The molecule has 2 heterocycles. The number of amides is 2. The van der Waals surface area contributed by atoms with E-state index >= 15 is 0 Å². The summed E-state index contributed by atoms with van der Waals surface area (Å²) < 4.78 is 0. The number of aromatic amines is 1. The highest BCUT2D eigenvalue weighted by atomic mass is 35.5. The Hall–Kier alpha value is -3.91. The van der Waals surface area contributed by atoms with Crippen LogP contribution in [0, 0.1) is 0 Å². The molecule has 1 aromatic heterocycles. The number of primary amides is 1. The van der Waals surface area contributed by atoms with Crippen molar-refractivity contribution in [2.45, 2.75) is 0 Å². The first-order valence-electron chi connectivity index (χ1n) is 10.4. The number of nitrogens with two attached hydrogens (primary N) is 1. The number of nitrogens with one attached hydrogen (secondary N) is 1. The van der Waals surface area contributed by atoms with Crippen molar-refractivity contribution in [3.05, 3.63) is 59.1 Å². The van der Waals surface area contributed by atoms with Gasteiger partial charge in [-0.25, -0.2) is 4.79 Å². The minimum absolute atomic E-state index is 0.0135. The highest BCUT2D eigenvalue weighted by Crippen LogP contribution is 2.36. The molecule has 33 heavy (non-hydrogen) atoms. The fourth-order valence-corrected chi connectivity index (χ4v) is 4.58. The van der Waals surface area contributed by atoms with E-state index in [1.165, 1.54) is 11.0 Å². The van der Waals surface area contributed by atoms with E-state index < -0.39 is 12.0 Å². The number of aromatic hydroxyl groups is 1. The highest BCUT2D eigenvalue weighted by molar-refractivity contribution is 6.32. The number of nitrogens with zero attached hydrogens (tertiary/aromatic N) is 2. The van der Waals surface area contributed by atoms with Gasteiger partial charge in [-0.3, -0.25) is 4.79 Å². The zero-order chi connectivity index (χ0) is 23.3. The number of phenolic OH excluding ortho intramolecular Hbond substituents is 1. The van der Waals surface area contributed by atoms with Crippen molar-refractivity contribution in [1.82, 2.24) is 9.88 Å². The second-order valence-electron chi connectivity index (χ2n) is 8.09. The summed E-state index contributed by atoms with van der Waals surface area (Å²) in [6.45, 7) is 2.11. The van der Waals surface area contributed by atoms with Gasteiger partial charge in [0, 0.05) is 48.2 Å². The second-order valence-corrected chi connectivity index (χ2v) is 8.50. The van der Waals surface area contributed by atoms with Crippen molar-refractivity contribution in [3.8, 4) is 16.9 Å². The Morgan fingerprint density at radius 2 is 1.70 bits per heavy atom. The van der Waals surface area contributed by atoms with Crippen LogP contribution in [0.3, 0.4) is 0 Å². The smallest absolute Gasteiger partial charge is 0.407 e. The highest BCUT2D eigenvalue weighted by Gasteiger charge is 2.21. The molecule has 5 N–H and O–H groups in total. The van der Waals surface area contributed by atoms with E-state index in [0.29, 0.717) is 37.3 Å². The number of carbonyl (C=O) groups excluding carboxylic acids is 1. The number of carboxylic acid groups (broad SMARTS) is 1. The van der Waals surface area contributed by atoms with Crippen LogP contribution < -0.4 is 10.6 Å². The molecule has 2 amide bonds. The number of phenols is 1. The third-order valence-electron chi connectivity index (χ3n) is 6.15. The number of piperazine rings is 1. The standard InChI is InChI=1S/C24H21ClN4O4/c25-19-11-13(1-4-21(19)30)14-9-17-16-3-2-15(28-5-7-29(8-6-28)24(32)33)12-20(16)27-22(17)18(10-14)23(26)31/h1-4,9-12,27,30H,5-8H2,(H2,26,31)(H,32,33). The van der Waals surface area contributed by atoms with Crippen molar-refractivity contribution in [2.75, 3.05) is 31.1 Å². The van der Waals surface area contributed by atoms with E-state index in [-0.39, 0.29) is 10.8 Å². The molecule has 0 saturated carbocycles. The topological polar surface area (TPSA) is 123 Å². The van der Waals surface area contributed by atoms with Gasteiger partial charge in [0.2, 0.25) is 0 Å². The number of rotatable bonds is 3. The number of fused-ring (bicyclic) bond motifs is 3. The summed E-state index contributed by atoms with van der Waals surface area (Å²) in [7, 11) is 0. The van der Waals surface area contributed by atoms with Crippen molar-refractivity contribution in [2.24, 2.45) is 5.73 Å². The Labute approximate surface area is 193 Å². The lowest BCUT2D eigenvalue weighted by Gasteiger charge is -2.34. The molecule has 0 aliphatic carbocycles. The number of anilines is 1. The molecule has 5 rings (SSSR count). The normalized spacial score (nSPS) is 14.2. The van der Waals surface area contributed by atoms with Gasteiger partial charge in [-0.2, -0.15) is 0 Å². The summed E-state index contributed by atoms with van der Waals surface area (Å²) in [6, 6.07) is 14.6. The number of benzene rings is 3. The Morgan fingerprint density at radius 3 is 2.36 bits per heavy atom. The Bertz CT molecular complexity index is 1420. The monoisotopic (exact) mass is 464 g/mol. The maximum absolute atomic E-state index is 12.3. The summed E-state index contributed by atoms with van der Waals surface area (Å²) in [5.74, 6) is -0.566. The second kappa shape index (κ2) is 7.90. The van der Waals surface area contributed by atoms with Crippen molar-refractivity contribution >= 4 is 51.1 Å². The zero-order valence-electron chi connectivity index (χ0n) is 17.5. The molecule has 0 unspecified atom stereocenters. The van der Waals surface area contributed by atoms with E-state index in [1.54, 1.807) is 18.2 Å². The quantitative estimate of drug-likeness (QED) is 0.361. The van der Waals surface area contributed by atoms with E-state index in [9.17, 15) is 14.7 Å². The van der Waals surface area contributed by atoms with Crippen LogP contribution in [0.2, 0.25) is 5.02 Å². The molecular weight excluding hydrogens is 444 g/mol. The fourth-order valence-electron chi connectivity index (χ4n) is 4.39. The molecule has 3 aromatic carbocycles. The van der Waals surface area contributed by atoms with Gasteiger partial charge in [-0.1, -0.05) is 23.7 Å². The van der Waals surface area contributed by atoms with Crippen molar-refractivity contribution in [1.29, 1.82) is 0 Å². The number of H-pyrrole nitrogens is 1. The minimum Gasteiger partial charge on any atom is -0.506 e. The van der Waals surface area contributed by atoms with Crippen LogP contribution in [0.1, 0.15) is 10.4 Å². The van der Waals surface area contributed by atoms with Gasteiger partial charge < -0.3 is 30.7 Å². The lowest BCUT2D eigenvalue weighted by molar-refractivity contribution is 0.100. The number of carbonyl (C=O) groups is 2. The van der Waals surface area contributed by atoms with Crippen molar-refractivity contribution < 1.29 is 19.8 Å². The van der Waals surface area contributed by atoms with Crippen LogP contribution in [-0.4, -0.2) is 58.3 Å². The third-order valence-corrected chi connectivity index (χ3v) is 6.46. The molecule has 0 bridgehead atoms. The molecule has 0 atom stereocenters. The number of hydrogen-bond acceptors (Lipinski definition) is 4. The SMILES string of the molecule is NC(=O)c1cc(-c2ccc(O)c(Cl)c2)cc2c1[nH]c1cc(N3CCN(C(=O)O)CC3)ccc12. The van der Waals surface area contributed by atoms with Crippen LogP contribution in [0.4, 0.5) is 10.5 Å². The molecule has 1 aliphatic heterocycles. The molecule has 0 spiro atoms. The molecule has 9 heteroatoms. The Kier molecular flexibility index (Phi) is 5.02. The Morgan fingerprint density at radius 1 is 0.939 bits per heavy atom. The molecule has 8 nitrogen and oxygen atoms in total. The van der Waals surface area contributed by atoms with E-state index in [0.717, 1.165) is 33.1 Å². The molecular formula is C24H21ClN4O4. The summed E-state index contributed by atoms with van der Waals surface area (Å²) in [6.07, 6.45) is -0.898. The maximum Gasteiger partial charge on any atom is 0.407 e. The van der Waals surface area contributed by atoms with E-state index in [2.05, 4.69) is 9.88 Å². The fraction of sp³-hybridized carbons (Fsp3) is 0.167. The van der Waals surface area contributed by atoms with Gasteiger partial charge in [0.15, 0.2) is 0 Å². The first kappa shape index (κ1) is 21.0. The first-order valence-corrected chi connectivity index (χ1v) is 10.8. The summed E-state index contributed by atoms with van der Waals surface area (Å²) in [5, 5.41) is 20.9. The van der Waals surface area contributed by atoms with Gasteiger partial charge in [0.25, 0.3) is 5.91 Å². The largest absolute Gasteiger partial charge is 0.506 e. The van der Waals surface area contributed by atoms with Gasteiger partial charge in [0.05, 0.1) is 16.1 Å². The van der Waals surface area contributed by atoms with Gasteiger partial charge in [-0.05, 0) is 47.5 Å². The average Bonchev–Trinajstić information content (AvgIpc) is 3.18. The molecule has 4 aromatic rings. The molecule has 1 saturated heterocycles. The average molecular weight is 465 g/mol. The predicted octanol–water partition coefficient (Wildman–Crippen LogP) is 4.25. The van der Waals surface area contributed by atoms with E-state index in [4.69, 9.17) is 22.4 Å². The van der Waals surface area contributed by atoms with Crippen LogP contribution in [0.5, 0.6) is 5.75 Å². The van der Waals surface area contributed by atoms with Crippen LogP contribution in [-0.2, 0) is 0 Å². The number of aromatic nitrogens is 1. The lowest BCUT2D eigenvalue weighted by atomic mass is 9.98. The number of halogens is 1. The predicted molar refractivity (Wildman–Crippen MR) is 128 cm³/mol. The third kappa shape index (κ3) is 3.68. The van der Waals surface area contributed by atoms with E-state index in [1.807, 2.05) is 24.3 Å². The first-order chi connectivity index (χ1) is 15.8. The minimum atomic E-state index is -0.898. The van der Waals surface area contributed by atoms with Crippen molar-refractivity contribution in [3.63, 3.8) is 0 Å². The maximum atomic E-state index is 12.3. The van der Waals surface area contributed by atoms with Gasteiger partial charge >= 0.3 is 6.09 Å². The molecule has 0 radical (unpaired) electrons. The molecule has 1 aliphatic rings. The number of hydrogen-bond donors (Lipinski definition) is 4. The van der Waals surface area contributed by atoms with Crippen LogP contribution in [0.25, 0.3) is 32.9 Å². The Balaban J connectivity index is 1.59. The summed E-state index contributed by atoms with van der Waals surface area (Å²) in [5.41, 5.74) is 10.1. The van der Waals surface area contributed by atoms with Gasteiger partial charge in [0.1, 0.15) is 5.75 Å².